The third-order valence-electron chi connectivity index (χ3n) is 5.92. The van der Waals surface area contributed by atoms with Crippen LogP contribution in [-0.2, 0) is 19.2 Å². The molecule has 6 heteroatoms. The van der Waals surface area contributed by atoms with Crippen LogP contribution in [-0.4, -0.2) is 61.4 Å². The Bertz CT molecular complexity index is 691. The molecule has 0 aromatic heterocycles. The molecular weight excluding hydrogens is 380 g/mol. The molecule has 0 aromatic rings. The Hall–Kier alpha value is -2.24. The molecule has 0 saturated heterocycles. The van der Waals surface area contributed by atoms with Crippen molar-refractivity contribution in [1.29, 1.82) is 0 Å². The second kappa shape index (κ2) is 10.2. The van der Waals surface area contributed by atoms with Gasteiger partial charge in [0.15, 0.2) is 11.6 Å². The number of allylic oxidation sites excluding steroid dienone is 4. The number of nitrogens with zero attached hydrogens (tertiary/aromatic N) is 2. The highest BCUT2D eigenvalue weighted by atomic mass is 16.2. The van der Waals surface area contributed by atoms with Crippen molar-refractivity contribution < 1.29 is 19.2 Å². The van der Waals surface area contributed by atoms with Gasteiger partial charge in [-0.2, -0.15) is 0 Å². The van der Waals surface area contributed by atoms with E-state index in [1.54, 1.807) is 38.0 Å². The topological polar surface area (TPSA) is 74.8 Å². The molecule has 0 aromatic carbocycles. The van der Waals surface area contributed by atoms with Gasteiger partial charge in [0.2, 0.25) is 11.8 Å². The monoisotopic (exact) mass is 418 g/mol. The first kappa shape index (κ1) is 25.8. The van der Waals surface area contributed by atoms with E-state index in [-0.39, 0.29) is 23.4 Å². The molecule has 1 aliphatic rings. The lowest BCUT2D eigenvalue weighted by molar-refractivity contribution is -0.129. The largest absolute Gasteiger partial charge is 0.349 e. The fraction of sp³-hybridized carbons (Fsp3) is 0.667. The van der Waals surface area contributed by atoms with Crippen LogP contribution in [0.1, 0.15) is 66.2 Å². The SMILES string of the molecule is CN(C)C(=O)CCCC(C)(C)C1=CC(=O)C(C(C)(C)CCCC(=O)N(C)C)=CC1=O. The van der Waals surface area contributed by atoms with Crippen molar-refractivity contribution in [1.82, 2.24) is 9.80 Å². The van der Waals surface area contributed by atoms with Crippen LogP contribution in [0.5, 0.6) is 0 Å². The molecule has 2 amide bonds. The van der Waals surface area contributed by atoms with E-state index in [2.05, 4.69) is 0 Å². The minimum Gasteiger partial charge on any atom is -0.349 e. The van der Waals surface area contributed by atoms with Crippen LogP contribution < -0.4 is 0 Å². The molecule has 30 heavy (non-hydrogen) atoms. The Morgan fingerprint density at radius 3 is 1.27 bits per heavy atom. The van der Waals surface area contributed by atoms with Crippen molar-refractivity contribution in [3.05, 3.63) is 23.3 Å². The number of hydrogen-bond donors (Lipinski definition) is 0. The smallest absolute Gasteiger partial charge is 0.222 e. The first-order chi connectivity index (χ1) is 13.7. The zero-order valence-electron chi connectivity index (χ0n) is 19.9. The van der Waals surface area contributed by atoms with Gasteiger partial charge in [0.05, 0.1) is 0 Å². The molecule has 0 saturated carbocycles. The van der Waals surface area contributed by atoms with Crippen molar-refractivity contribution in [3.63, 3.8) is 0 Å². The highest BCUT2D eigenvalue weighted by Crippen LogP contribution is 2.40. The standard InChI is InChI=1S/C24H38N2O4/c1-23(2,13-9-11-21(29)25(5)6)17-15-20(28)18(16-19(17)27)24(3,4)14-10-12-22(30)26(7)8/h15-16H,9-14H2,1-8H3. The minimum atomic E-state index is -0.483. The zero-order valence-corrected chi connectivity index (χ0v) is 19.9. The molecule has 168 valence electrons. The maximum absolute atomic E-state index is 12.9. The van der Waals surface area contributed by atoms with E-state index in [0.717, 1.165) is 0 Å². The highest BCUT2D eigenvalue weighted by Gasteiger charge is 2.36. The molecule has 0 aliphatic heterocycles. The zero-order chi connectivity index (χ0) is 23.3. The van der Waals surface area contributed by atoms with Crippen molar-refractivity contribution in [3.8, 4) is 0 Å². The normalized spacial score (nSPS) is 14.9. The van der Waals surface area contributed by atoms with E-state index >= 15 is 0 Å². The molecular formula is C24H38N2O4. The molecule has 1 aliphatic carbocycles. The number of amides is 2. The predicted octanol–water partition coefficient (Wildman–Crippen LogP) is 3.56. The highest BCUT2D eigenvalue weighted by molar-refractivity contribution is 6.20. The van der Waals surface area contributed by atoms with Crippen molar-refractivity contribution in [2.24, 2.45) is 10.8 Å². The summed E-state index contributed by atoms with van der Waals surface area (Å²) in [7, 11) is 6.90. The summed E-state index contributed by atoms with van der Waals surface area (Å²) in [4.78, 5) is 52.5. The molecule has 0 radical (unpaired) electrons. The maximum Gasteiger partial charge on any atom is 0.222 e. The summed E-state index contributed by atoms with van der Waals surface area (Å²) in [5, 5.41) is 0. The van der Waals surface area contributed by atoms with Gasteiger partial charge in [-0.15, -0.1) is 0 Å². The summed E-state index contributed by atoms with van der Waals surface area (Å²) < 4.78 is 0. The Kier molecular flexibility index (Phi) is 8.76. The second-order valence-electron chi connectivity index (χ2n) is 9.90. The van der Waals surface area contributed by atoms with Gasteiger partial charge in [-0.3, -0.25) is 19.2 Å². The number of carbonyl (C=O) groups is 4. The maximum atomic E-state index is 12.9. The van der Waals surface area contributed by atoms with E-state index < -0.39 is 10.8 Å². The van der Waals surface area contributed by atoms with Crippen LogP contribution in [0.25, 0.3) is 0 Å². The van der Waals surface area contributed by atoms with Gasteiger partial charge in [0, 0.05) is 52.2 Å². The van der Waals surface area contributed by atoms with Gasteiger partial charge in [-0.1, -0.05) is 27.7 Å². The fourth-order valence-electron chi connectivity index (χ4n) is 3.70. The van der Waals surface area contributed by atoms with Crippen molar-refractivity contribution in [2.75, 3.05) is 28.2 Å². The molecule has 0 fully saturated rings. The third-order valence-corrected chi connectivity index (χ3v) is 5.92. The lowest BCUT2D eigenvalue weighted by Gasteiger charge is -2.32. The van der Waals surface area contributed by atoms with Gasteiger partial charge < -0.3 is 9.80 Å². The third kappa shape index (κ3) is 6.92. The van der Waals surface area contributed by atoms with Crippen LogP contribution >= 0.6 is 0 Å². The summed E-state index contributed by atoms with van der Waals surface area (Å²) in [6, 6.07) is 0. The predicted molar refractivity (Wildman–Crippen MR) is 119 cm³/mol. The van der Waals surface area contributed by atoms with Crippen molar-refractivity contribution >= 4 is 23.4 Å². The Labute approximate surface area is 181 Å². The molecule has 0 atom stereocenters. The Balaban J connectivity index is 2.82. The lowest BCUT2D eigenvalue weighted by atomic mass is 9.70. The van der Waals surface area contributed by atoms with E-state index in [9.17, 15) is 19.2 Å². The number of carbonyl (C=O) groups excluding carboxylic acids is 4. The summed E-state index contributed by atoms with van der Waals surface area (Å²) in [5.74, 6) is -0.151. The molecule has 0 heterocycles. The molecule has 1 rings (SSSR count). The summed E-state index contributed by atoms with van der Waals surface area (Å²) in [5.41, 5.74) is 0.0482. The van der Waals surface area contributed by atoms with Crippen molar-refractivity contribution in [2.45, 2.75) is 66.2 Å². The van der Waals surface area contributed by atoms with Crippen LogP contribution in [0.3, 0.4) is 0 Å². The Morgan fingerprint density at radius 2 is 1.00 bits per heavy atom. The second-order valence-corrected chi connectivity index (χ2v) is 9.90. The molecule has 0 N–H and O–H groups in total. The lowest BCUT2D eigenvalue weighted by Crippen LogP contribution is -2.30. The average molecular weight is 419 g/mol. The minimum absolute atomic E-state index is 0.0579. The first-order valence-electron chi connectivity index (χ1n) is 10.6. The van der Waals surface area contributed by atoms with Gasteiger partial charge in [-0.05, 0) is 48.7 Å². The number of ketones is 2. The molecule has 0 bridgehead atoms. The number of hydrogen-bond acceptors (Lipinski definition) is 4. The van der Waals surface area contributed by atoms with Crippen LogP contribution in [0, 0.1) is 10.8 Å². The molecule has 0 unspecified atom stereocenters. The van der Waals surface area contributed by atoms with Gasteiger partial charge in [-0.25, -0.2) is 0 Å². The first-order valence-corrected chi connectivity index (χ1v) is 10.6. The fourth-order valence-corrected chi connectivity index (χ4v) is 3.70. The average Bonchev–Trinajstić information content (AvgIpc) is 2.62. The molecule has 6 nitrogen and oxygen atoms in total. The van der Waals surface area contributed by atoms with Gasteiger partial charge in [0.25, 0.3) is 0 Å². The summed E-state index contributed by atoms with van der Waals surface area (Å²) >= 11 is 0. The van der Waals surface area contributed by atoms with E-state index in [1.165, 1.54) is 12.2 Å². The quantitative estimate of drug-likeness (QED) is 0.509. The molecule has 0 spiro atoms. The van der Waals surface area contributed by atoms with E-state index in [1.807, 2.05) is 27.7 Å². The summed E-state index contributed by atoms with van der Waals surface area (Å²) in [6.07, 6.45) is 6.43. The Morgan fingerprint density at radius 1 is 0.700 bits per heavy atom. The van der Waals surface area contributed by atoms with Gasteiger partial charge >= 0.3 is 0 Å². The number of rotatable bonds is 10. The summed E-state index contributed by atoms with van der Waals surface area (Å²) in [6.45, 7) is 7.78. The van der Waals surface area contributed by atoms with Crippen LogP contribution in [0.15, 0.2) is 23.3 Å². The van der Waals surface area contributed by atoms with Crippen LogP contribution in [0.4, 0.5) is 0 Å². The van der Waals surface area contributed by atoms with Crippen LogP contribution in [0.2, 0.25) is 0 Å². The van der Waals surface area contributed by atoms with E-state index in [0.29, 0.717) is 49.7 Å². The van der Waals surface area contributed by atoms with Gasteiger partial charge in [0.1, 0.15) is 0 Å². The van der Waals surface area contributed by atoms with E-state index in [4.69, 9.17) is 0 Å².